The van der Waals surface area contributed by atoms with E-state index in [2.05, 4.69) is 15.5 Å². The third-order valence-corrected chi connectivity index (χ3v) is 7.68. The van der Waals surface area contributed by atoms with Crippen molar-refractivity contribution in [3.05, 3.63) is 51.5 Å². The molecule has 1 aromatic carbocycles. The van der Waals surface area contributed by atoms with Crippen molar-refractivity contribution in [2.45, 2.75) is 65.3 Å². The van der Waals surface area contributed by atoms with Gasteiger partial charge < -0.3 is 24.8 Å². The van der Waals surface area contributed by atoms with Crippen LogP contribution in [0.25, 0.3) is 0 Å². The lowest BCUT2D eigenvalue weighted by molar-refractivity contribution is -0.123. The number of carbonyl (C=O) groups is 3. The lowest BCUT2D eigenvalue weighted by Gasteiger charge is -2.29. The zero-order chi connectivity index (χ0) is 28.1. The van der Waals surface area contributed by atoms with Crippen LogP contribution in [-0.4, -0.2) is 49.7 Å². The number of rotatable bonds is 8. The average molecular weight is 542 g/mol. The summed E-state index contributed by atoms with van der Waals surface area (Å²) in [6.45, 7) is 9.75. The number of ether oxygens (including phenoxy) is 1. The highest BCUT2D eigenvalue weighted by Gasteiger charge is 2.56. The van der Waals surface area contributed by atoms with E-state index < -0.39 is 34.6 Å². The third-order valence-electron chi connectivity index (χ3n) is 7.03. The van der Waals surface area contributed by atoms with Crippen LogP contribution in [0.5, 0.6) is 17.2 Å². The van der Waals surface area contributed by atoms with Crippen LogP contribution in [0.1, 0.15) is 86.2 Å². The van der Waals surface area contributed by atoms with E-state index in [4.69, 9.17) is 9.26 Å². The summed E-state index contributed by atoms with van der Waals surface area (Å²) >= 11 is 1.63. The van der Waals surface area contributed by atoms with Crippen molar-refractivity contribution < 1.29 is 33.9 Å². The molecular formula is C27H31N3O7S. The number of allylic oxidation sites excluding steroid dienone is 4. The lowest BCUT2D eigenvalue weighted by atomic mass is 9.70. The van der Waals surface area contributed by atoms with Crippen LogP contribution in [0, 0.1) is 6.92 Å². The van der Waals surface area contributed by atoms with Gasteiger partial charge in [-0.2, -0.15) is 16.7 Å². The van der Waals surface area contributed by atoms with Crippen LogP contribution in [-0.2, 0) is 15.0 Å². The highest BCUT2D eigenvalue weighted by Crippen LogP contribution is 2.57. The highest BCUT2D eigenvalue weighted by molar-refractivity contribution is 7.98. The molecule has 38 heavy (non-hydrogen) atoms. The number of thioether (sulfide) groups is 1. The smallest absolute Gasteiger partial charge is 0.249 e. The standard InChI is InChI=1S/C27H31N3O7S/c1-11(2)25-29-26(37-30-25)15(8-9-38-7)28-13(4)18-16(32)10-17-27(6,24(18)35)20-22(34)12(3)21(33)19(14(5)31)23(20)36-17/h10-11,15,28,33-34H,8-9H2,1-7H3. The summed E-state index contributed by atoms with van der Waals surface area (Å²) in [4.78, 5) is 44.1. The Labute approximate surface area is 224 Å². The van der Waals surface area contributed by atoms with Gasteiger partial charge in [0.1, 0.15) is 40.0 Å². The molecule has 2 heterocycles. The van der Waals surface area contributed by atoms with Gasteiger partial charge in [0.15, 0.2) is 23.2 Å². The maximum atomic E-state index is 14.0. The number of hydrogen-bond acceptors (Lipinski definition) is 11. The Morgan fingerprint density at radius 3 is 2.47 bits per heavy atom. The van der Waals surface area contributed by atoms with Crippen LogP contribution in [0.4, 0.5) is 0 Å². The second-order valence-electron chi connectivity index (χ2n) is 10.0. The molecule has 0 fully saturated rings. The first-order valence-corrected chi connectivity index (χ1v) is 13.6. The monoisotopic (exact) mass is 541 g/mol. The predicted octanol–water partition coefficient (Wildman–Crippen LogP) is 4.16. The zero-order valence-corrected chi connectivity index (χ0v) is 23.2. The van der Waals surface area contributed by atoms with Crippen molar-refractivity contribution in [3.63, 3.8) is 0 Å². The number of ketones is 3. The molecule has 0 bridgehead atoms. The Balaban J connectivity index is 1.81. The van der Waals surface area contributed by atoms with Crippen molar-refractivity contribution in [2.75, 3.05) is 12.0 Å². The number of phenols is 2. The molecule has 202 valence electrons. The maximum Gasteiger partial charge on any atom is 0.249 e. The topological polar surface area (TPSA) is 152 Å². The number of Topliss-reactive ketones (excluding diaryl/α,β-unsaturated/α-hetero) is 2. The Hall–Kier alpha value is -3.60. The maximum absolute atomic E-state index is 14.0. The summed E-state index contributed by atoms with van der Waals surface area (Å²) in [5, 5.41) is 28.8. The first-order valence-electron chi connectivity index (χ1n) is 12.2. The quantitative estimate of drug-likeness (QED) is 0.251. The van der Waals surface area contributed by atoms with E-state index in [0.717, 1.165) is 5.75 Å². The van der Waals surface area contributed by atoms with Gasteiger partial charge in [-0.05, 0) is 46.1 Å². The van der Waals surface area contributed by atoms with E-state index in [1.165, 1.54) is 26.8 Å². The summed E-state index contributed by atoms with van der Waals surface area (Å²) in [7, 11) is 0. The van der Waals surface area contributed by atoms with Gasteiger partial charge in [-0.1, -0.05) is 19.0 Å². The van der Waals surface area contributed by atoms with E-state index in [1.807, 2.05) is 20.1 Å². The van der Waals surface area contributed by atoms with Crippen molar-refractivity contribution in [3.8, 4) is 17.2 Å². The molecule has 2 unspecified atom stereocenters. The molecule has 1 aliphatic carbocycles. The first kappa shape index (κ1) is 27.4. The van der Waals surface area contributed by atoms with Gasteiger partial charge in [-0.25, -0.2) is 0 Å². The first-order chi connectivity index (χ1) is 17.8. The highest BCUT2D eigenvalue weighted by atomic mass is 32.2. The molecule has 1 aromatic heterocycles. The number of fused-ring (bicyclic) bond motifs is 3. The molecule has 11 heteroatoms. The van der Waals surface area contributed by atoms with Crippen LogP contribution in [0.15, 0.2) is 27.6 Å². The minimum Gasteiger partial charge on any atom is -0.507 e. The van der Waals surface area contributed by atoms with Gasteiger partial charge in [0.2, 0.25) is 5.89 Å². The molecule has 0 radical (unpaired) electrons. The molecule has 2 aliphatic rings. The molecule has 0 saturated heterocycles. The number of benzene rings is 1. The van der Waals surface area contributed by atoms with Crippen molar-refractivity contribution in [1.29, 1.82) is 0 Å². The Bertz CT molecular complexity index is 1420. The summed E-state index contributed by atoms with van der Waals surface area (Å²) in [6.07, 6.45) is 3.76. The number of carbonyl (C=O) groups excluding carboxylic acids is 3. The van der Waals surface area contributed by atoms with Crippen LogP contribution in [0.3, 0.4) is 0 Å². The number of aromatic hydroxyl groups is 2. The predicted molar refractivity (Wildman–Crippen MR) is 141 cm³/mol. The summed E-state index contributed by atoms with van der Waals surface area (Å²) < 4.78 is 11.3. The zero-order valence-electron chi connectivity index (χ0n) is 22.4. The molecule has 4 rings (SSSR count). The number of hydrogen-bond donors (Lipinski definition) is 3. The summed E-state index contributed by atoms with van der Waals surface area (Å²) in [6, 6.07) is -0.447. The van der Waals surface area contributed by atoms with Gasteiger partial charge in [0.05, 0.1) is 11.1 Å². The minimum atomic E-state index is -1.58. The van der Waals surface area contributed by atoms with E-state index in [-0.39, 0.29) is 45.4 Å². The Kier molecular flexibility index (Phi) is 7.17. The molecule has 0 saturated carbocycles. The minimum absolute atomic E-state index is 0.0146. The van der Waals surface area contributed by atoms with Crippen molar-refractivity contribution >= 4 is 29.1 Å². The second-order valence-corrected chi connectivity index (χ2v) is 11.0. The molecule has 0 spiro atoms. The van der Waals surface area contributed by atoms with E-state index in [1.54, 1.807) is 18.7 Å². The van der Waals surface area contributed by atoms with Gasteiger partial charge in [-0.3, -0.25) is 14.4 Å². The third kappa shape index (κ3) is 4.18. The van der Waals surface area contributed by atoms with E-state index in [9.17, 15) is 24.6 Å². The van der Waals surface area contributed by atoms with Gasteiger partial charge in [-0.15, -0.1) is 0 Å². The Morgan fingerprint density at radius 1 is 1.21 bits per heavy atom. The second kappa shape index (κ2) is 9.94. The fourth-order valence-electron chi connectivity index (χ4n) is 4.81. The number of aromatic nitrogens is 2. The molecule has 3 N–H and O–H groups in total. The number of phenolic OH excluding ortho intramolecular Hbond substituents is 2. The normalized spacial score (nSPS) is 20.6. The van der Waals surface area contributed by atoms with E-state index >= 15 is 0 Å². The van der Waals surface area contributed by atoms with Crippen molar-refractivity contribution in [1.82, 2.24) is 15.5 Å². The van der Waals surface area contributed by atoms with Gasteiger partial charge >= 0.3 is 0 Å². The molecule has 10 nitrogen and oxygen atoms in total. The van der Waals surface area contributed by atoms with E-state index in [0.29, 0.717) is 23.8 Å². The summed E-state index contributed by atoms with van der Waals surface area (Å²) in [5.74, 6) is -0.889. The van der Waals surface area contributed by atoms with Gasteiger partial charge in [0, 0.05) is 23.3 Å². The fourth-order valence-corrected chi connectivity index (χ4v) is 5.28. The largest absolute Gasteiger partial charge is 0.507 e. The van der Waals surface area contributed by atoms with Gasteiger partial charge in [0.25, 0.3) is 0 Å². The lowest BCUT2D eigenvalue weighted by Crippen LogP contribution is -2.41. The number of nitrogens with zero attached hydrogens (tertiary/aromatic N) is 2. The Morgan fingerprint density at radius 2 is 1.89 bits per heavy atom. The molecule has 2 aromatic rings. The average Bonchev–Trinajstić information content (AvgIpc) is 3.44. The van der Waals surface area contributed by atoms with Crippen LogP contribution in [0.2, 0.25) is 0 Å². The fraction of sp³-hybridized carbons (Fsp3) is 0.444. The summed E-state index contributed by atoms with van der Waals surface area (Å²) in [5.41, 5.74) is -1.45. The molecule has 1 aliphatic heterocycles. The van der Waals surface area contributed by atoms with Crippen molar-refractivity contribution in [2.24, 2.45) is 0 Å². The SMILES string of the molecule is CSCCC(NC(C)=C1C(=O)C=C2Oc3c(C(C)=O)c(O)c(C)c(O)c3C2(C)C1=O)c1nc(C(C)C)no1. The van der Waals surface area contributed by atoms with Crippen LogP contribution < -0.4 is 10.1 Å². The molecule has 0 amide bonds. The van der Waals surface area contributed by atoms with Crippen LogP contribution >= 0.6 is 11.8 Å². The molecular weight excluding hydrogens is 510 g/mol. The molecule has 2 atom stereocenters. The number of nitrogens with one attached hydrogen (secondary N) is 1.